The minimum absolute atomic E-state index is 0.0790. The first kappa shape index (κ1) is 29.1. The molecule has 7 heteroatoms. The largest absolute Gasteiger partial charge is 0.386 e. The summed E-state index contributed by atoms with van der Waals surface area (Å²) in [5.74, 6) is -1.62. The number of piperidine rings is 1. The molecule has 2 aliphatic carbocycles. The van der Waals surface area contributed by atoms with Gasteiger partial charge in [0.05, 0.1) is 23.1 Å². The average molecular weight is 560 g/mol. The van der Waals surface area contributed by atoms with Crippen molar-refractivity contribution in [3.8, 4) is 0 Å². The van der Waals surface area contributed by atoms with Gasteiger partial charge in [0.25, 0.3) is 5.91 Å². The molecular formula is C34H42FN3O3. The second-order valence-electron chi connectivity index (χ2n) is 12.3. The van der Waals surface area contributed by atoms with Gasteiger partial charge in [0.2, 0.25) is 5.91 Å². The topological polar surface area (TPSA) is 81.7 Å². The predicted molar refractivity (Wildman–Crippen MR) is 160 cm³/mol. The van der Waals surface area contributed by atoms with Crippen molar-refractivity contribution < 1.29 is 19.1 Å². The Hall–Kier alpha value is -3.45. The summed E-state index contributed by atoms with van der Waals surface area (Å²) in [6, 6.07) is 12.0. The number of aryl methyl sites for hydroxylation is 1. The first-order valence-corrected chi connectivity index (χ1v) is 15.0. The summed E-state index contributed by atoms with van der Waals surface area (Å²) >= 11 is 0. The summed E-state index contributed by atoms with van der Waals surface area (Å²) in [5, 5.41) is 17.2. The van der Waals surface area contributed by atoms with E-state index in [0.717, 1.165) is 5.70 Å². The number of nitrogens with zero attached hydrogens (tertiary/aromatic N) is 1. The summed E-state index contributed by atoms with van der Waals surface area (Å²) in [7, 11) is 0. The Morgan fingerprint density at radius 1 is 1.05 bits per heavy atom. The zero-order valence-electron chi connectivity index (χ0n) is 24.3. The lowest BCUT2D eigenvalue weighted by Gasteiger charge is -2.44. The molecule has 0 radical (unpaired) electrons. The molecule has 3 atom stereocenters. The lowest BCUT2D eigenvalue weighted by molar-refractivity contribution is -0.123. The highest BCUT2D eigenvalue weighted by molar-refractivity contribution is 5.98. The van der Waals surface area contributed by atoms with E-state index in [1.54, 1.807) is 49.9 Å². The van der Waals surface area contributed by atoms with Crippen LogP contribution in [0.15, 0.2) is 66.4 Å². The number of hydrogen-bond donors (Lipinski definition) is 3. The highest BCUT2D eigenvalue weighted by Gasteiger charge is 2.43. The first-order chi connectivity index (χ1) is 19.6. The fraction of sp³-hybridized carbons (Fsp3) is 0.471. The van der Waals surface area contributed by atoms with Crippen LogP contribution in [0.3, 0.4) is 0 Å². The van der Waals surface area contributed by atoms with Crippen LogP contribution in [0.4, 0.5) is 10.1 Å². The number of benzene rings is 2. The molecule has 218 valence electrons. The van der Waals surface area contributed by atoms with Crippen LogP contribution >= 0.6 is 0 Å². The molecule has 1 heterocycles. The molecule has 0 aromatic heterocycles. The summed E-state index contributed by atoms with van der Waals surface area (Å²) in [6.45, 7) is 5.63. The fourth-order valence-electron chi connectivity index (χ4n) is 6.63. The average Bonchev–Trinajstić information content (AvgIpc) is 3.46. The van der Waals surface area contributed by atoms with E-state index in [1.807, 2.05) is 12.1 Å². The maximum atomic E-state index is 15.0. The monoisotopic (exact) mass is 559 g/mol. The molecule has 3 aliphatic rings. The van der Waals surface area contributed by atoms with Gasteiger partial charge in [-0.25, -0.2) is 4.39 Å². The molecule has 41 heavy (non-hydrogen) atoms. The van der Waals surface area contributed by atoms with E-state index in [0.29, 0.717) is 48.7 Å². The Morgan fingerprint density at radius 3 is 2.49 bits per heavy atom. The molecule has 2 fully saturated rings. The molecule has 6 nitrogen and oxygen atoms in total. The summed E-state index contributed by atoms with van der Waals surface area (Å²) in [4.78, 5) is 29.6. The van der Waals surface area contributed by atoms with Crippen LogP contribution < -0.4 is 10.6 Å². The second kappa shape index (κ2) is 12.2. The fourth-order valence-corrected chi connectivity index (χ4v) is 6.63. The van der Waals surface area contributed by atoms with Crippen LogP contribution in [0.25, 0.3) is 0 Å². The van der Waals surface area contributed by atoms with Gasteiger partial charge in [-0.2, -0.15) is 0 Å². The van der Waals surface area contributed by atoms with Crippen LogP contribution in [0.5, 0.6) is 0 Å². The zero-order chi connectivity index (χ0) is 29.1. The van der Waals surface area contributed by atoms with Crippen molar-refractivity contribution in [3.05, 3.63) is 88.9 Å². The molecule has 3 N–H and O–H groups in total. The van der Waals surface area contributed by atoms with Gasteiger partial charge in [-0.05, 0) is 88.3 Å². The Bertz CT molecular complexity index is 1320. The minimum atomic E-state index is -1.04. The summed E-state index contributed by atoms with van der Waals surface area (Å²) < 4.78 is 15.0. The number of rotatable bonds is 7. The van der Waals surface area contributed by atoms with E-state index in [-0.39, 0.29) is 23.3 Å². The molecule has 1 saturated carbocycles. The molecule has 2 unspecified atom stereocenters. The first-order valence-electron chi connectivity index (χ1n) is 15.0. The maximum absolute atomic E-state index is 15.0. The molecule has 0 bridgehead atoms. The summed E-state index contributed by atoms with van der Waals surface area (Å²) in [6.07, 6.45) is 13.2. The molecule has 0 spiro atoms. The lowest BCUT2D eigenvalue weighted by Crippen LogP contribution is -2.55. The van der Waals surface area contributed by atoms with Crippen molar-refractivity contribution in [2.75, 3.05) is 11.9 Å². The normalized spacial score (nSPS) is 23.3. The number of likely N-dealkylation sites (tertiary alicyclic amines) is 1. The van der Waals surface area contributed by atoms with Gasteiger partial charge in [0, 0.05) is 29.9 Å². The lowest BCUT2D eigenvalue weighted by atomic mass is 9.77. The van der Waals surface area contributed by atoms with Gasteiger partial charge in [0.1, 0.15) is 5.82 Å². The van der Waals surface area contributed by atoms with Gasteiger partial charge in [-0.15, -0.1) is 0 Å². The van der Waals surface area contributed by atoms with Crippen molar-refractivity contribution in [3.63, 3.8) is 0 Å². The van der Waals surface area contributed by atoms with Crippen LogP contribution in [-0.4, -0.2) is 40.4 Å². The number of amides is 2. The zero-order valence-corrected chi connectivity index (χ0v) is 24.3. The van der Waals surface area contributed by atoms with E-state index in [9.17, 15) is 19.1 Å². The van der Waals surface area contributed by atoms with Crippen molar-refractivity contribution in [1.82, 2.24) is 10.2 Å². The number of halogens is 1. The van der Waals surface area contributed by atoms with Crippen molar-refractivity contribution in [2.45, 2.75) is 83.4 Å². The van der Waals surface area contributed by atoms with Crippen molar-refractivity contribution in [2.24, 2.45) is 11.8 Å². The van der Waals surface area contributed by atoms with E-state index in [2.05, 4.69) is 28.9 Å². The Morgan fingerprint density at radius 2 is 1.80 bits per heavy atom. The molecule has 5 rings (SSSR count). The maximum Gasteiger partial charge on any atom is 0.257 e. The number of aliphatic hydroxyl groups is 1. The number of nitrogens with one attached hydrogen (secondary N) is 2. The van der Waals surface area contributed by atoms with E-state index in [1.165, 1.54) is 31.7 Å². The van der Waals surface area contributed by atoms with Gasteiger partial charge in [-0.3, -0.25) is 9.59 Å². The van der Waals surface area contributed by atoms with Crippen LogP contribution in [-0.2, 0) is 10.4 Å². The van der Waals surface area contributed by atoms with Crippen LogP contribution in [0, 0.1) is 24.6 Å². The van der Waals surface area contributed by atoms with Gasteiger partial charge in [0.15, 0.2) is 0 Å². The standard InChI is InChI=1S/C34H42FN3O3/c1-22-9-6-15-29(35)30(22)33(40)38-20-8-14-28(32(39)37-27-13-7-10-24(21-27)34(2,3)41)31(38)23-16-18-26(19-17-23)36-25-11-4-5-12-25/h6-7,9-10,13,15-16,18-19,21,23,25,28,31,36,41H,4-5,8,11-12,14,17,20H2,1-3H3,(H,37,39)/t23-,28?,31?/m1/s1. The Kier molecular flexibility index (Phi) is 8.64. The van der Waals surface area contributed by atoms with Gasteiger partial charge in [-0.1, -0.05) is 49.3 Å². The quantitative estimate of drug-likeness (QED) is 0.377. The third-order valence-corrected chi connectivity index (χ3v) is 8.85. The van der Waals surface area contributed by atoms with Crippen LogP contribution in [0.1, 0.15) is 80.3 Å². The number of hydrogen-bond acceptors (Lipinski definition) is 4. The molecule has 2 aromatic carbocycles. The van der Waals surface area contributed by atoms with Gasteiger partial charge < -0.3 is 20.6 Å². The Labute approximate surface area is 242 Å². The van der Waals surface area contributed by atoms with Crippen molar-refractivity contribution in [1.29, 1.82) is 0 Å². The van der Waals surface area contributed by atoms with Gasteiger partial charge >= 0.3 is 0 Å². The number of allylic oxidation sites excluding steroid dienone is 2. The van der Waals surface area contributed by atoms with E-state index in [4.69, 9.17) is 0 Å². The number of anilines is 1. The molecule has 1 aliphatic heterocycles. The molecule has 1 saturated heterocycles. The molecule has 2 amide bonds. The third-order valence-electron chi connectivity index (χ3n) is 8.85. The van der Waals surface area contributed by atoms with Crippen LogP contribution in [0.2, 0.25) is 0 Å². The smallest absolute Gasteiger partial charge is 0.257 e. The minimum Gasteiger partial charge on any atom is -0.386 e. The van der Waals surface area contributed by atoms with E-state index < -0.39 is 23.4 Å². The molecular weight excluding hydrogens is 517 g/mol. The second-order valence-corrected chi connectivity index (χ2v) is 12.3. The third kappa shape index (κ3) is 6.56. The summed E-state index contributed by atoms with van der Waals surface area (Å²) in [5.41, 5.74) is 2.02. The highest BCUT2D eigenvalue weighted by Crippen LogP contribution is 2.36. The number of carbonyl (C=O) groups excluding carboxylic acids is 2. The van der Waals surface area contributed by atoms with E-state index >= 15 is 0 Å². The predicted octanol–water partition coefficient (Wildman–Crippen LogP) is 6.21. The highest BCUT2D eigenvalue weighted by atomic mass is 19.1. The molecule has 2 aromatic rings. The SMILES string of the molecule is Cc1cccc(F)c1C(=O)N1CCCC(C(=O)Nc2cccc(C(C)(C)O)c2)C1[C@@H]1C=CC(NC2CCCC2)=CC1. The number of carbonyl (C=O) groups is 2. The van der Waals surface area contributed by atoms with Crippen molar-refractivity contribution >= 4 is 17.5 Å². The Balaban J connectivity index is 1.42.